The number of furan rings is 1. The lowest BCUT2D eigenvalue weighted by Gasteiger charge is -2.12. The lowest BCUT2D eigenvalue weighted by Crippen LogP contribution is -2.22. The van der Waals surface area contributed by atoms with Crippen LogP contribution in [-0.2, 0) is 13.0 Å². The van der Waals surface area contributed by atoms with E-state index < -0.39 is 6.04 Å². The predicted molar refractivity (Wildman–Crippen MR) is 96.1 cm³/mol. The predicted octanol–water partition coefficient (Wildman–Crippen LogP) is 2.59. The van der Waals surface area contributed by atoms with E-state index >= 15 is 0 Å². The maximum Gasteiger partial charge on any atom is 0.235 e. The van der Waals surface area contributed by atoms with E-state index in [4.69, 9.17) is 4.42 Å². The minimum Gasteiger partial charge on any atom is -0.459 e. The summed E-state index contributed by atoms with van der Waals surface area (Å²) >= 11 is 0. The Morgan fingerprint density at radius 3 is 3.08 bits per heavy atom. The highest BCUT2D eigenvalue weighted by molar-refractivity contribution is 5.60. The molecule has 1 aliphatic heterocycles. The van der Waals surface area contributed by atoms with Crippen molar-refractivity contribution < 1.29 is 9.34 Å². The summed E-state index contributed by atoms with van der Waals surface area (Å²) in [5, 5.41) is 17.3. The smallest absolute Gasteiger partial charge is 0.235 e. The molecule has 2 aromatic rings. The van der Waals surface area contributed by atoms with Gasteiger partial charge in [-0.2, -0.15) is 0 Å². The van der Waals surface area contributed by atoms with Gasteiger partial charge in [0.2, 0.25) is 12.0 Å². The largest absolute Gasteiger partial charge is 0.459 e. The van der Waals surface area contributed by atoms with E-state index in [0.29, 0.717) is 12.4 Å². The molecule has 2 N–H and O–H groups in total. The fourth-order valence-corrected chi connectivity index (χ4v) is 3.11. The van der Waals surface area contributed by atoms with Crippen molar-refractivity contribution in [1.29, 1.82) is 0 Å². The van der Waals surface area contributed by atoms with Gasteiger partial charge >= 0.3 is 0 Å². The number of allylic oxidation sites excluding steroid dienone is 1. The minimum atomic E-state index is -0.668. The van der Waals surface area contributed by atoms with Gasteiger partial charge in [-0.1, -0.05) is 6.08 Å². The number of anilines is 1. The molecule has 0 radical (unpaired) electrons. The zero-order chi connectivity index (χ0) is 18.1. The molecule has 1 unspecified atom stereocenters. The maximum atomic E-state index is 10.8. The molecule has 8 nitrogen and oxygen atoms in total. The van der Waals surface area contributed by atoms with Gasteiger partial charge in [-0.3, -0.25) is 10.1 Å². The van der Waals surface area contributed by atoms with E-state index in [9.17, 15) is 10.1 Å². The molecule has 8 heteroatoms. The summed E-state index contributed by atoms with van der Waals surface area (Å²) in [5.41, 5.74) is 3.60. The number of aryl methyl sites for hydroxylation is 1. The minimum absolute atomic E-state index is 0.294. The first-order valence-corrected chi connectivity index (χ1v) is 8.55. The number of rotatable bonds is 4. The lowest BCUT2D eigenvalue weighted by molar-refractivity contribution is -0.508. The van der Waals surface area contributed by atoms with Crippen LogP contribution in [-0.4, -0.2) is 27.5 Å². The summed E-state index contributed by atoms with van der Waals surface area (Å²) in [6.45, 7) is 3.67. The molecule has 0 amide bonds. The third-order valence-corrected chi connectivity index (χ3v) is 4.55. The number of nitrogens with zero attached hydrogens (tertiary/aromatic N) is 3. The van der Waals surface area contributed by atoms with Crippen molar-refractivity contribution in [3.8, 4) is 11.5 Å². The Kier molecular flexibility index (Phi) is 4.26. The average molecular weight is 353 g/mol. The molecule has 2 aromatic heterocycles. The molecule has 3 heterocycles. The highest BCUT2D eigenvalue weighted by Crippen LogP contribution is 2.29. The number of fused-ring (bicyclic) bond motifs is 1. The highest BCUT2D eigenvalue weighted by atomic mass is 16.6. The summed E-state index contributed by atoms with van der Waals surface area (Å²) in [6.07, 6.45) is 8.02. The number of nitro groups is 1. The second-order valence-electron chi connectivity index (χ2n) is 6.44. The Morgan fingerprint density at radius 2 is 2.35 bits per heavy atom. The molecule has 2 aliphatic rings. The van der Waals surface area contributed by atoms with Gasteiger partial charge < -0.3 is 15.1 Å². The van der Waals surface area contributed by atoms with Crippen molar-refractivity contribution in [1.82, 2.24) is 15.3 Å². The Bertz CT molecular complexity index is 892. The fourth-order valence-electron chi connectivity index (χ4n) is 3.11. The topological polar surface area (TPSA) is 106 Å². The highest BCUT2D eigenvalue weighted by Gasteiger charge is 2.20. The number of aromatic nitrogens is 2. The van der Waals surface area contributed by atoms with Gasteiger partial charge in [0.15, 0.2) is 5.76 Å². The summed E-state index contributed by atoms with van der Waals surface area (Å²) in [6, 6.07) is 1.36. The van der Waals surface area contributed by atoms with Crippen molar-refractivity contribution in [3.05, 3.63) is 63.2 Å². The van der Waals surface area contributed by atoms with Crippen LogP contribution in [0.25, 0.3) is 11.5 Å². The molecule has 1 atom stereocenters. The SMILES string of the molecule is Cc1cnc(NC2=CCC([N+](=O)[O-])C=C2)nc1-c1cc2c(o1)CCNC2. The van der Waals surface area contributed by atoms with Crippen LogP contribution >= 0.6 is 0 Å². The Hall–Kier alpha value is -3.00. The Morgan fingerprint density at radius 1 is 1.46 bits per heavy atom. The van der Waals surface area contributed by atoms with Crippen LogP contribution in [0.15, 0.2) is 40.6 Å². The van der Waals surface area contributed by atoms with E-state index in [1.165, 1.54) is 5.56 Å². The first-order chi connectivity index (χ1) is 12.6. The molecule has 0 fully saturated rings. The molecular formula is C18H19N5O3. The van der Waals surface area contributed by atoms with Gasteiger partial charge in [0.25, 0.3) is 0 Å². The molecule has 0 spiro atoms. The van der Waals surface area contributed by atoms with Crippen molar-refractivity contribution in [2.75, 3.05) is 11.9 Å². The maximum absolute atomic E-state index is 10.8. The van der Waals surface area contributed by atoms with Crippen LogP contribution < -0.4 is 10.6 Å². The van der Waals surface area contributed by atoms with Crippen LogP contribution in [0.5, 0.6) is 0 Å². The van der Waals surface area contributed by atoms with Gasteiger partial charge in [0, 0.05) is 48.3 Å². The quantitative estimate of drug-likeness (QED) is 0.643. The molecule has 0 aromatic carbocycles. The zero-order valence-electron chi connectivity index (χ0n) is 14.4. The van der Waals surface area contributed by atoms with Gasteiger partial charge in [-0.05, 0) is 30.7 Å². The Balaban J connectivity index is 1.56. The van der Waals surface area contributed by atoms with Gasteiger partial charge in [0.05, 0.1) is 0 Å². The number of nitrogens with one attached hydrogen (secondary N) is 2. The van der Waals surface area contributed by atoms with E-state index in [1.54, 1.807) is 24.4 Å². The van der Waals surface area contributed by atoms with Crippen LogP contribution in [0.4, 0.5) is 5.95 Å². The molecule has 0 bridgehead atoms. The van der Waals surface area contributed by atoms with Crippen molar-refractivity contribution >= 4 is 5.95 Å². The van der Waals surface area contributed by atoms with Crippen LogP contribution in [0.2, 0.25) is 0 Å². The summed E-state index contributed by atoms with van der Waals surface area (Å²) in [4.78, 5) is 19.4. The van der Waals surface area contributed by atoms with Crippen molar-refractivity contribution in [3.63, 3.8) is 0 Å². The fraction of sp³-hybridized carbons (Fsp3) is 0.333. The summed E-state index contributed by atoms with van der Waals surface area (Å²) < 4.78 is 6.00. The molecular weight excluding hydrogens is 334 g/mol. The molecule has 0 saturated heterocycles. The van der Waals surface area contributed by atoms with Crippen LogP contribution in [0, 0.1) is 17.0 Å². The summed E-state index contributed by atoms with van der Waals surface area (Å²) in [5.74, 6) is 2.19. The first-order valence-electron chi connectivity index (χ1n) is 8.55. The van der Waals surface area contributed by atoms with Crippen LogP contribution in [0.3, 0.4) is 0 Å². The monoisotopic (exact) mass is 353 g/mol. The third-order valence-electron chi connectivity index (χ3n) is 4.55. The third kappa shape index (κ3) is 3.23. The second-order valence-corrected chi connectivity index (χ2v) is 6.44. The van der Waals surface area contributed by atoms with Gasteiger partial charge in [-0.15, -0.1) is 0 Å². The summed E-state index contributed by atoms with van der Waals surface area (Å²) in [7, 11) is 0. The second kappa shape index (κ2) is 6.72. The van der Waals surface area contributed by atoms with E-state index in [-0.39, 0.29) is 4.92 Å². The van der Waals surface area contributed by atoms with Gasteiger partial charge in [-0.25, -0.2) is 9.97 Å². The zero-order valence-corrected chi connectivity index (χ0v) is 14.4. The van der Waals surface area contributed by atoms with Gasteiger partial charge in [0.1, 0.15) is 11.5 Å². The average Bonchev–Trinajstić information content (AvgIpc) is 3.07. The van der Waals surface area contributed by atoms with E-state index in [0.717, 1.165) is 48.0 Å². The van der Waals surface area contributed by atoms with E-state index in [2.05, 4.69) is 20.6 Å². The molecule has 0 saturated carbocycles. The standard InChI is InChI=1S/C18H19N5O3/c1-11-9-20-18(21-13-2-4-14(5-3-13)23(24)25)22-17(11)16-8-12-10-19-7-6-15(12)26-16/h2-4,8-9,14,19H,5-7,10H2,1H3,(H,20,21,22). The molecule has 1 aliphatic carbocycles. The number of hydrogen-bond donors (Lipinski definition) is 2. The Labute approximate surface area is 150 Å². The molecule has 4 rings (SSSR count). The lowest BCUT2D eigenvalue weighted by atomic mass is 10.1. The number of hydrogen-bond acceptors (Lipinski definition) is 7. The molecule has 134 valence electrons. The van der Waals surface area contributed by atoms with Crippen LogP contribution in [0.1, 0.15) is 23.3 Å². The molecule has 26 heavy (non-hydrogen) atoms. The normalized spacial score (nSPS) is 19.0. The van der Waals surface area contributed by atoms with Crippen molar-refractivity contribution in [2.45, 2.75) is 32.4 Å². The van der Waals surface area contributed by atoms with Crippen molar-refractivity contribution in [2.24, 2.45) is 0 Å². The first kappa shape index (κ1) is 16.5. The van der Waals surface area contributed by atoms with E-state index in [1.807, 2.05) is 13.0 Å².